The van der Waals surface area contributed by atoms with Crippen molar-refractivity contribution in [1.82, 2.24) is 14.9 Å². The fraction of sp³-hybridized carbons (Fsp3) is 0.286. The smallest absolute Gasteiger partial charge is 0.255 e. The Morgan fingerprint density at radius 1 is 1.50 bits per heavy atom. The van der Waals surface area contributed by atoms with Gasteiger partial charge in [-0.2, -0.15) is 0 Å². The molecule has 1 atom stereocenters. The van der Waals surface area contributed by atoms with E-state index in [9.17, 15) is 4.79 Å². The largest absolute Gasteiger partial charge is 0.454 e. The van der Waals surface area contributed by atoms with Crippen LogP contribution in [-0.4, -0.2) is 28.3 Å². The third-order valence-corrected chi connectivity index (χ3v) is 3.06. The molecule has 3 rings (SSSR count). The summed E-state index contributed by atoms with van der Waals surface area (Å²) in [5.74, 6) is 0.958. The number of hydrogen-bond donors (Lipinski definition) is 1. The molecule has 1 N–H and O–H groups in total. The molecule has 1 amide bonds. The summed E-state index contributed by atoms with van der Waals surface area (Å²) in [6.07, 6.45) is 5.30. The summed E-state index contributed by atoms with van der Waals surface area (Å²) in [6.45, 7) is 2.76. The molecule has 1 aliphatic rings. The second-order valence-corrected chi connectivity index (χ2v) is 4.67. The Morgan fingerprint density at radius 2 is 2.40 bits per heavy atom. The molecular weight excluding hydrogens is 258 g/mol. The molecule has 1 aliphatic heterocycles. The van der Waals surface area contributed by atoms with Crippen molar-refractivity contribution >= 4 is 5.91 Å². The minimum Gasteiger partial charge on any atom is -0.454 e. The van der Waals surface area contributed by atoms with Crippen molar-refractivity contribution in [1.29, 1.82) is 0 Å². The molecule has 1 unspecified atom stereocenters. The number of amides is 1. The van der Waals surface area contributed by atoms with Crippen LogP contribution < -0.4 is 14.8 Å². The number of rotatable bonds is 4. The van der Waals surface area contributed by atoms with E-state index in [-0.39, 0.29) is 18.7 Å². The summed E-state index contributed by atoms with van der Waals surface area (Å²) in [6, 6.07) is 5.28. The van der Waals surface area contributed by atoms with Gasteiger partial charge in [0.25, 0.3) is 5.91 Å². The van der Waals surface area contributed by atoms with Crippen molar-refractivity contribution in [3.63, 3.8) is 0 Å². The normalized spacial score (nSPS) is 14.1. The Morgan fingerprint density at radius 3 is 3.20 bits per heavy atom. The number of benzene rings is 1. The van der Waals surface area contributed by atoms with Crippen LogP contribution in [0, 0.1) is 0 Å². The van der Waals surface area contributed by atoms with Crippen molar-refractivity contribution < 1.29 is 14.3 Å². The number of fused-ring (bicyclic) bond motifs is 1. The van der Waals surface area contributed by atoms with Gasteiger partial charge in [-0.25, -0.2) is 4.98 Å². The van der Waals surface area contributed by atoms with E-state index >= 15 is 0 Å². The molecule has 104 valence electrons. The molecule has 1 aromatic heterocycles. The zero-order valence-corrected chi connectivity index (χ0v) is 11.1. The van der Waals surface area contributed by atoms with Gasteiger partial charge in [0, 0.05) is 25.0 Å². The van der Waals surface area contributed by atoms with Crippen LogP contribution in [0.25, 0.3) is 0 Å². The summed E-state index contributed by atoms with van der Waals surface area (Å²) in [7, 11) is 0. The third kappa shape index (κ3) is 2.45. The number of hydrogen-bond acceptors (Lipinski definition) is 4. The lowest BCUT2D eigenvalue weighted by molar-refractivity contribution is 0.0932. The van der Waals surface area contributed by atoms with Crippen LogP contribution in [-0.2, 0) is 6.54 Å². The zero-order valence-electron chi connectivity index (χ0n) is 11.1. The van der Waals surface area contributed by atoms with Crippen LogP contribution in [0.4, 0.5) is 0 Å². The fourth-order valence-corrected chi connectivity index (χ4v) is 2.17. The summed E-state index contributed by atoms with van der Waals surface area (Å²) >= 11 is 0. The second kappa shape index (κ2) is 5.24. The van der Waals surface area contributed by atoms with E-state index in [1.165, 1.54) is 0 Å². The van der Waals surface area contributed by atoms with Gasteiger partial charge in [0.15, 0.2) is 11.5 Å². The highest BCUT2D eigenvalue weighted by Gasteiger charge is 2.22. The van der Waals surface area contributed by atoms with Crippen LogP contribution in [0.1, 0.15) is 17.3 Å². The lowest BCUT2D eigenvalue weighted by Crippen LogP contribution is -2.35. The second-order valence-electron chi connectivity index (χ2n) is 4.67. The Hall–Kier alpha value is -2.50. The lowest BCUT2D eigenvalue weighted by atomic mass is 10.1. The molecule has 0 bridgehead atoms. The highest BCUT2D eigenvalue weighted by Crippen LogP contribution is 2.35. The first-order valence-electron chi connectivity index (χ1n) is 6.39. The number of carbonyl (C=O) groups excluding carboxylic acids is 1. The number of nitrogens with zero attached hydrogens (tertiary/aromatic N) is 2. The molecule has 1 aromatic carbocycles. The molecular formula is C14H15N3O3. The lowest BCUT2D eigenvalue weighted by Gasteiger charge is -2.15. The van der Waals surface area contributed by atoms with Crippen molar-refractivity contribution in [2.24, 2.45) is 0 Å². The standard InChI is InChI=1S/C14H15N3O3/c1-10(7-17-6-5-15-8-17)16-14(18)11-3-2-4-12-13(11)20-9-19-12/h2-6,8,10H,7,9H2,1H3,(H,16,18). The minimum atomic E-state index is -0.167. The van der Waals surface area contributed by atoms with E-state index < -0.39 is 0 Å². The van der Waals surface area contributed by atoms with E-state index in [4.69, 9.17) is 9.47 Å². The summed E-state index contributed by atoms with van der Waals surface area (Å²) in [5, 5.41) is 2.94. The van der Waals surface area contributed by atoms with Gasteiger partial charge in [-0.1, -0.05) is 6.07 Å². The van der Waals surface area contributed by atoms with Crippen molar-refractivity contribution in [3.8, 4) is 11.5 Å². The van der Waals surface area contributed by atoms with Crippen LogP contribution in [0.5, 0.6) is 11.5 Å². The van der Waals surface area contributed by atoms with E-state index in [0.29, 0.717) is 23.6 Å². The Bertz CT molecular complexity index is 610. The topological polar surface area (TPSA) is 65.4 Å². The molecule has 2 aromatic rings. The minimum absolute atomic E-state index is 0.0186. The molecule has 0 radical (unpaired) electrons. The van der Waals surface area contributed by atoms with Crippen LogP contribution in [0.2, 0.25) is 0 Å². The quantitative estimate of drug-likeness (QED) is 0.915. The van der Waals surface area contributed by atoms with Crippen molar-refractivity contribution in [2.45, 2.75) is 19.5 Å². The highest BCUT2D eigenvalue weighted by atomic mass is 16.7. The SMILES string of the molecule is CC(Cn1ccnc1)NC(=O)c1cccc2c1OCO2. The predicted molar refractivity (Wildman–Crippen MR) is 71.7 cm³/mol. The predicted octanol–water partition coefficient (Wildman–Crippen LogP) is 1.43. The molecule has 0 spiro atoms. The van der Waals surface area contributed by atoms with E-state index in [1.54, 1.807) is 30.7 Å². The van der Waals surface area contributed by atoms with Gasteiger partial charge in [0.2, 0.25) is 6.79 Å². The maximum absolute atomic E-state index is 12.3. The molecule has 6 nitrogen and oxygen atoms in total. The fourth-order valence-electron chi connectivity index (χ4n) is 2.17. The van der Waals surface area contributed by atoms with Crippen LogP contribution in [0.3, 0.4) is 0 Å². The van der Waals surface area contributed by atoms with Gasteiger partial charge < -0.3 is 19.4 Å². The van der Waals surface area contributed by atoms with Gasteiger partial charge in [0.05, 0.1) is 11.9 Å². The van der Waals surface area contributed by atoms with Crippen molar-refractivity contribution in [3.05, 3.63) is 42.5 Å². The first-order valence-corrected chi connectivity index (χ1v) is 6.39. The van der Waals surface area contributed by atoms with E-state index in [1.807, 2.05) is 17.7 Å². The molecule has 6 heteroatoms. The number of nitrogens with one attached hydrogen (secondary N) is 1. The summed E-state index contributed by atoms with van der Waals surface area (Å²) < 4.78 is 12.5. The number of imidazole rings is 1. The van der Waals surface area contributed by atoms with Gasteiger partial charge in [0.1, 0.15) is 0 Å². The average molecular weight is 273 g/mol. The molecule has 0 saturated carbocycles. The highest BCUT2D eigenvalue weighted by molar-refractivity contribution is 5.98. The number of aromatic nitrogens is 2. The molecule has 0 aliphatic carbocycles. The number of carbonyl (C=O) groups is 1. The molecule has 0 fully saturated rings. The van der Waals surface area contributed by atoms with Crippen LogP contribution in [0.15, 0.2) is 36.9 Å². The Kier molecular flexibility index (Phi) is 3.28. The van der Waals surface area contributed by atoms with E-state index in [0.717, 1.165) is 0 Å². The monoisotopic (exact) mass is 273 g/mol. The zero-order chi connectivity index (χ0) is 13.9. The Labute approximate surface area is 116 Å². The Balaban J connectivity index is 1.69. The maximum atomic E-state index is 12.3. The molecule has 20 heavy (non-hydrogen) atoms. The molecule has 2 heterocycles. The first kappa shape index (κ1) is 12.5. The van der Waals surface area contributed by atoms with Crippen LogP contribution >= 0.6 is 0 Å². The summed E-state index contributed by atoms with van der Waals surface area (Å²) in [4.78, 5) is 16.2. The van der Waals surface area contributed by atoms with Gasteiger partial charge in [-0.05, 0) is 19.1 Å². The number of para-hydroxylation sites is 1. The first-order chi connectivity index (χ1) is 9.74. The van der Waals surface area contributed by atoms with Gasteiger partial charge in [-0.3, -0.25) is 4.79 Å². The van der Waals surface area contributed by atoms with Gasteiger partial charge in [-0.15, -0.1) is 0 Å². The maximum Gasteiger partial charge on any atom is 0.255 e. The average Bonchev–Trinajstić information content (AvgIpc) is 3.08. The molecule has 0 saturated heterocycles. The van der Waals surface area contributed by atoms with Crippen molar-refractivity contribution in [2.75, 3.05) is 6.79 Å². The summed E-state index contributed by atoms with van der Waals surface area (Å²) in [5.41, 5.74) is 0.498. The van der Waals surface area contributed by atoms with Gasteiger partial charge >= 0.3 is 0 Å². The third-order valence-electron chi connectivity index (χ3n) is 3.06. The van der Waals surface area contributed by atoms with E-state index in [2.05, 4.69) is 10.3 Å². The number of ether oxygens (including phenoxy) is 2.